The molecule has 0 atom stereocenters. The number of hydrogen-bond donors (Lipinski definition) is 0. The lowest BCUT2D eigenvalue weighted by Gasteiger charge is -2.16. The van der Waals surface area contributed by atoms with Crippen molar-refractivity contribution in [1.29, 1.82) is 0 Å². The molecule has 0 unspecified atom stereocenters. The molecule has 0 saturated carbocycles. The minimum atomic E-state index is -0.654. The zero-order valence-corrected chi connectivity index (χ0v) is 11.0. The Bertz CT molecular complexity index is 390. The highest BCUT2D eigenvalue weighted by Gasteiger charge is 2.16. The van der Waals surface area contributed by atoms with Crippen LogP contribution in [0.3, 0.4) is 0 Å². The number of halogens is 2. The lowest BCUT2D eigenvalue weighted by molar-refractivity contribution is -0.116. The second-order valence-electron chi connectivity index (χ2n) is 4.82. The SMILES string of the molecule is CC(C)(C)SCC(=O)Cc1c(F)cccc1F. The lowest BCUT2D eigenvalue weighted by Crippen LogP contribution is -2.15. The van der Waals surface area contributed by atoms with Crippen LogP contribution in [0.5, 0.6) is 0 Å². The van der Waals surface area contributed by atoms with Gasteiger partial charge in [-0.25, -0.2) is 8.78 Å². The van der Waals surface area contributed by atoms with E-state index in [4.69, 9.17) is 0 Å². The largest absolute Gasteiger partial charge is 0.298 e. The van der Waals surface area contributed by atoms with E-state index in [-0.39, 0.29) is 28.3 Å². The normalized spacial score (nSPS) is 11.6. The molecule has 0 N–H and O–H groups in total. The van der Waals surface area contributed by atoms with Crippen molar-refractivity contribution < 1.29 is 13.6 Å². The fraction of sp³-hybridized carbons (Fsp3) is 0.462. The molecule has 0 aliphatic carbocycles. The summed E-state index contributed by atoms with van der Waals surface area (Å²) in [7, 11) is 0. The summed E-state index contributed by atoms with van der Waals surface area (Å²) < 4.78 is 26.5. The van der Waals surface area contributed by atoms with Gasteiger partial charge in [0.25, 0.3) is 0 Å². The van der Waals surface area contributed by atoms with Crippen molar-refractivity contribution in [2.75, 3.05) is 5.75 Å². The van der Waals surface area contributed by atoms with Crippen molar-refractivity contribution in [2.24, 2.45) is 0 Å². The fourth-order valence-corrected chi connectivity index (χ4v) is 1.94. The van der Waals surface area contributed by atoms with Crippen molar-refractivity contribution in [2.45, 2.75) is 31.9 Å². The Kier molecular flexibility index (Phi) is 4.69. The summed E-state index contributed by atoms with van der Waals surface area (Å²) >= 11 is 1.48. The Labute approximate surface area is 105 Å². The van der Waals surface area contributed by atoms with Gasteiger partial charge >= 0.3 is 0 Å². The Hall–Kier alpha value is -0.900. The van der Waals surface area contributed by atoms with Gasteiger partial charge in [0.15, 0.2) is 0 Å². The topological polar surface area (TPSA) is 17.1 Å². The molecule has 0 bridgehead atoms. The third-order valence-corrected chi connectivity index (χ3v) is 3.43. The molecule has 0 heterocycles. The van der Waals surface area contributed by atoms with E-state index in [9.17, 15) is 13.6 Å². The number of thioether (sulfide) groups is 1. The van der Waals surface area contributed by atoms with Crippen LogP contribution in [0.4, 0.5) is 8.78 Å². The summed E-state index contributed by atoms with van der Waals surface area (Å²) in [4.78, 5) is 11.6. The molecule has 0 saturated heterocycles. The van der Waals surface area contributed by atoms with Crippen LogP contribution in [0, 0.1) is 11.6 Å². The summed E-state index contributed by atoms with van der Waals surface area (Å²) in [5.41, 5.74) is -0.132. The second-order valence-corrected chi connectivity index (χ2v) is 6.62. The monoisotopic (exact) mass is 258 g/mol. The lowest BCUT2D eigenvalue weighted by atomic mass is 10.1. The van der Waals surface area contributed by atoms with E-state index in [2.05, 4.69) is 0 Å². The van der Waals surface area contributed by atoms with Gasteiger partial charge in [-0.05, 0) is 12.1 Å². The standard InChI is InChI=1S/C13H16F2OS/c1-13(2,3)17-8-9(16)7-10-11(14)5-4-6-12(10)15/h4-6H,7-8H2,1-3H3. The first-order chi connectivity index (χ1) is 7.79. The van der Waals surface area contributed by atoms with Crippen molar-refractivity contribution in [3.8, 4) is 0 Å². The van der Waals surface area contributed by atoms with Gasteiger partial charge in [0.2, 0.25) is 0 Å². The fourth-order valence-electron chi connectivity index (χ4n) is 1.25. The first kappa shape index (κ1) is 14.2. The van der Waals surface area contributed by atoms with E-state index in [1.807, 2.05) is 20.8 Å². The van der Waals surface area contributed by atoms with E-state index in [0.29, 0.717) is 0 Å². The number of carbonyl (C=O) groups excluding carboxylic acids is 1. The van der Waals surface area contributed by atoms with E-state index >= 15 is 0 Å². The van der Waals surface area contributed by atoms with Crippen LogP contribution in [0.2, 0.25) is 0 Å². The molecule has 0 aliphatic heterocycles. The average molecular weight is 258 g/mol. The highest BCUT2D eigenvalue weighted by atomic mass is 32.2. The maximum Gasteiger partial charge on any atom is 0.147 e. The van der Waals surface area contributed by atoms with Crippen LogP contribution in [0.1, 0.15) is 26.3 Å². The van der Waals surface area contributed by atoms with Crippen molar-refractivity contribution >= 4 is 17.5 Å². The molecule has 1 aromatic carbocycles. The first-order valence-corrected chi connectivity index (χ1v) is 6.37. The van der Waals surface area contributed by atoms with Gasteiger partial charge in [-0.1, -0.05) is 26.8 Å². The third-order valence-electron chi connectivity index (χ3n) is 2.10. The van der Waals surface area contributed by atoms with Crippen LogP contribution in [-0.4, -0.2) is 16.3 Å². The van der Waals surface area contributed by atoms with Crippen molar-refractivity contribution in [3.05, 3.63) is 35.4 Å². The summed E-state index contributed by atoms with van der Waals surface area (Å²) in [5.74, 6) is -1.19. The van der Waals surface area contributed by atoms with Crippen LogP contribution in [0.25, 0.3) is 0 Å². The van der Waals surface area contributed by atoms with Crippen LogP contribution in [-0.2, 0) is 11.2 Å². The molecular formula is C13H16F2OS. The third kappa shape index (κ3) is 4.86. The smallest absolute Gasteiger partial charge is 0.147 e. The molecule has 4 heteroatoms. The van der Waals surface area contributed by atoms with Crippen molar-refractivity contribution in [3.63, 3.8) is 0 Å². The molecule has 1 nitrogen and oxygen atoms in total. The molecule has 0 fully saturated rings. The van der Waals surface area contributed by atoms with Gasteiger partial charge in [-0.3, -0.25) is 4.79 Å². The van der Waals surface area contributed by atoms with Gasteiger partial charge in [0.1, 0.15) is 17.4 Å². The molecule has 17 heavy (non-hydrogen) atoms. The molecule has 0 spiro atoms. The number of rotatable bonds is 4. The van der Waals surface area contributed by atoms with E-state index in [1.165, 1.54) is 30.0 Å². The number of hydrogen-bond acceptors (Lipinski definition) is 2. The van der Waals surface area contributed by atoms with Crippen LogP contribution in [0.15, 0.2) is 18.2 Å². The molecule has 1 rings (SSSR count). The van der Waals surface area contributed by atoms with Gasteiger partial charge in [-0.2, -0.15) is 0 Å². The van der Waals surface area contributed by atoms with E-state index in [1.54, 1.807) is 0 Å². The quantitative estimate of drug-likeness (QED) is 0.820. The maximum absolute atomic E-state index is 13.3. The molecule has 0 amide bonds. The molecule has 0 aromatic heterocycles. The Morgan fingerprint density at radius 1 is 1.24 bits per heavy atom. The second kappa shape index (κ2) is 5.63. The summed E-state index contributed by atoms with van der Waals surface area (Å²) in [5, 5.41) is 0. The maximum atomic E-state index is 13.3. The number of benzene rings is 1. The zero-order chi connectivity index (χ0) is 13.1. The first-order valence-electron chi connectivity index (χ1n) is 5.38. The minimum absolute atomic E-state index is 0.0244. The predicted octanol–water partition coefficient (Wildman–Crippen LogP) is 3.61. The van der Waals surface area contributed by atoms with Gasteiger partial charge in [0.05, 0.1) is 5.75 Å². The number of Topliss-reactive ketones (excluding diaryl/α,β-unsaturated/α-hetero) is 1. The Morgan fingerprint density at radius 3 is 2.24 bits per heavy atom. The summed E-state index contributed by atoms with van der Waals surface area (Å²) in [6.45, 7) is 5.98. The predicted molar refractivity (Wildman–Crippen MR) is 67.3 cm³/mol. The minimum Gasteiger partial charge on any atom is -0.298 e. The molecule has 1 aromatic rings. The van der Waals surface area contributed by atoms with Crippen molar-refractivity contribution in [1.82, 2.24) is 0 Å². The van der Waals surface area contributed by atoms with Crippen LogP contribution >= 0.6 is 11.8 Å². The average Bonchev–Trinajstić information content (AvgIpc) is 2.20. The van der Waals surface area contributed by atoms with Crippen LogP contribution < -0.4 is 0 Å². The summed E-state index contributed by atoms with van der Waals surface area (Å²) in [6, 6.07) is 3.63. The van der Waals surface area contributed by atoms with Gasteiger partial charge < -0.3 is 0 Å². The highest BCUT2D eigenvalue weighted by molar-refractivity contribution is 8.01. The molecule has 0 aliphatic rings. The Balaban J connectivity index is 2.63. The summed E-state index contributed by atoms with van der Waals surface area (Å²) in [6.07, 6.45) is -0.179. The molecular weight excluding hydrogens is 242 g/mol. The number of carbonyl (C=O) groups is 1. The Morgan fingerprint density at radius 2 is 1.76 bits per heavy atom. The number of ketones is 1. The van der Waals surface area contributed by atoms with Gasteiger partial charge in [-0.15, -0.1) is 11.8 Å². The molecule has 94 valence electrons. The van der Waals surface area contributed by atoms with E-state index in [0.717, 1.165) is 0 Å². The molecule has 0 radical (unpaired) electrons. The van der Waals surface area contributed by atoms with Gasteiger partial charge in [0, 0.05) is 16.7 Å². The zero-order valence-electron chi connectivity index (χ0n) is 10.2. The highest BCUT2D eigenvalue weighted by Crippen LogP contribution is 2.23. The van der Waals surface area contributed by atoms with E-state index < -0.39 is 11.6 Å².